The van der Waals surface area contributed by atoms with Crippen LogP contribution in [0.4, 0.5) is 5.82 Å². The number of aromatic nitrogens is 3. The molecule has 0 radical (unpaired) electrons. The molecule has 0 saturated carbocycles. The maximum absolute atomic E-state index is 12.5. The smallest absolute Gasteiger partial charge is 0.235 e. The summed E-state index contributed by atoms with van der Waals surface area (Å²) in [5.41, 5.74) is 5.59. The predicted molar refractivity (Wildman–Crippen MR) is 124 cm³/mol. The van der Waals surface area contributed by atoms with Gasteiger partial charge in [-0.15, -0.1) is 0 Å². The van der Waals surface area contributed by atoms with Crippen LogP contribution in [0.5, 0.6) is 0 Å². The lowest BCUT2D eigenvalue weighted by molar-refractivity contribution is -0.113. The highest BCUT2D eigenvalue weighted by Gasteiger charge is 2.16. The summed E-state index contributed by atoms with van der Waals surface area (Å²) in [7, 11) is 0. The van der Waals surface area contributed by atoms with Crippen molar-refractivity contribution in [1.29, 1.82) is 5.26 Å². The third kappa shape index (κ3) is 5.49. The maximum atomic E-state index is 12.5. The number of carbonyl (C=O) groups excluding carboxylic acids is 1. The van der Waals surface area contributed by atoms with E-state index in [0.717, 1.165) is 46.4 Å². The van der Waals surface area contributed by atoms with Gasteiger partial charge in [-0.3, -0.25) is 4.79 Å². The molecule has 0 aliphatic carbocycles. The monoisotopic (exact) mass is 439 g/mol. The van der Waals surface area contributed by atoms with Crippen molar-refractivity contribution in [1.82, 2.24) is 15.0 Å². The second-order valence-corrected chi connectivity index (χ2v) is 8.90. The third-order valence-electron chi connectivity index (χ3n) is 4.80. The van der Waals surface area contributed by atoms with E-state index in [1.54, 1.807) is 11.8 Å². The predicted octanol–water partition coefficient (Wildman–Crippen LogP) is 4.45. The summed E-state index contributed by atoms with van der Waals surface area (Å²) in [6, 6.07) is 12.4. The van der Waals surface area contributed by atoms with Gasteiger partial charge >= 0.3 is 0 Å². The van der Waals surface area contributed by atoms with E-state index in [0.29, 0.717) is 11.4 Å². The second-order valence-electron chi connectivity index (χ2n) is 6.95. The average molecular weight is 440 g/mol. The Balaban J connectivity index is 1.60. The fourth-order valence-electron chi connectivity index (χ4n) is 3.14. The highest BCUT2D eigenvalue weighted by atomic mass is 32.2. The molecule has 2 aromatic heterocycles. The molecule has 0 atom stereocenters. The van der Waals surface area contributed by atoms with Gasteiger partial charge in [-0.25, -0.2) is 4.98 Å². The van der Waals surface area contributed by atoms with Crippen LogP contribution < -0.4 is 5.32 Å². The summed E-state index contributed by atoms with van der Waals surface area (Å²) in [5.74, 6) is 1.48. The molecule has 156 valence electrons. The molecule has 3 rings (SSSR count). The highest BCUT2D eigenvalue weighted by Crippen LogP contribution is 2.24. The molecule has 0 fully saturated rings. The Labute approximate surface area is 185 Å². The van der Waals surface area contributed by atoms with Crippen molar-refractivity contribution in [3.8, 4) is 6.07 Å². The molecule has 6 nitrogen and oxygen atoms in total. The zero-order chi connectivity index (χ0) is 21.5. The molecule has 0 aliphatic heterocycles. The Morgan fingerprint density at radius 2 is 2.00 bits per heavy atom. The number of nitrogens with zero attached hydrogens (tertiary/aromatic N) is 2. The van der Waals surface area contributed by atoms with E-state index >= 15 is 0 Å². The average Bonchev–Trinajstić information content (AvgIpc) is 3.24. The lowest BCUT2D eigenvalue weighted by atomic mass is 10.1. The SMILES string of the molecule is CSCCc1[nH]c(NC(=O)CSc2nc(Cc3ccccc3)c(C)[nH]2)c(C#N)c1C. The molecule has 1 amide bonds. The Morgan fingerprint density at radius 1 is 1.23 bits per heavy atom. The molecule has 0 bridgehead atoms. The van der Waals surface area contributed by atoms with Gasteiger partial charge in [0.15, 0.2) is 5.16 Å². The van der Waals surface area contributed by atoms with E-state index in [1.807, 2.05) is 38.3 Å². The first-order chi connectivity index (χ1) is 14.5. The van der Waals surface area contributed by atoms with E-state index in [2.05, 4.69) is 38.5 Å². The molecular weight excluding hydrogens is 414 g/mol. The quantitative estimate of drug-likeness (QED) is 0.428. The van der Waals surface area contributed by atoms with Crippen LogP contribution in [-0.4, -0.2) is 38.6 Å². The number of thioether (sulfide) groups is 2. The lowest BCUT2D eigenvalue weighted by Crippen LogP contribution is -2.15. The highest BCUT2D eigenvalue weighted by molar-refractivity contribution is 7.99. The van der Waals surface area contributed by atoms with Crippen molar-refractivity contribution in [2.45, 2.75) is 31.8 Å². The standard InChI is InChI=1S/C22H25N5OS2/c1-14-17(12-23)21(25-18(14)9-10-29-3)27-20(28)13-30-22-24-15(2)19(26-22)11-16-7-5-4-6-8-16/h4-8,25H,9-11,13H2,1-3H3,(H,24,26)(H,27,28). The number of hydrogen-bond acceptors (Lipinski definition) is 5. The van der Waals surface area contributed by atoms with Crippen LogP contribution in [-0.2, 0) is 17.6 Å². The topological polar surface area (TPSA) is 97.4 Å². The van der Waals surface area contributed by atoms with Gasteiger partial charge in [-0.2, -0.15) is 17.0 Å². The Hall–Kier alpha value is -2.63. The first kappa shape index (κ1) is 22.1. The van der Waals surface area contributed by atoms with Gasteiger partial charge in [-0.05, 0) is 43.4 Å². The van der Waals surface area contributed by atoms with Crippen molar-refractivity contribution in [2.24, 2.45) is 0 Å². The molecule has 30 heavy (non-hydrogen) atoms. The number of nitrogens with one attached hydrogen (secondary N) is 3. The number of benzene rings is 1. The molecule has 0 aliphatic rings. The summed E-state index contributed by atoms with van der Waals surface area (Å²) in [5, 5.41) is 13.0. The van der Waals surface area contributed by atoms with Crippen LogP contribution >= 0.6 is 23.5 Å². The molecule has 0 spiro atoms. The number of H-pyrrole nitrogens is 2. The Bertz CT molecular complexity index is 1050. The fraction of sp³-hybridized carbons (Fsp3) is 0.318. The zero-order valence-corrected chi connectivity index (χ0v) is 19.0. The number of aromatic amines is 2. The first-order valence-electron chi connectivity index (χ1n) is 9.64. The van der Waals surface area contributed by atoms with Crippen LogP contribution in [0.1, 0.15) is 33.8 Å². The van der Waals surface area contributed by atoms with Crippen molar-refractivity contribution >= 4 is 35.2 Å². The summed E-state index contributed by atoms with van der Waals surface area (Å²) in [4.78, 5) is 23.6. The van der Waals surface area contributed by atoms with Gasteiger partial charge in [0.2, 0.25) is 5.91 Å². The number of aryl methyl sites for hydroxylation is 2. The van der Waals surface area contributed by atoms with Crippen LogP contribution in [0.2, 0.25) is 0 Å². The van der Waals surface area contributed by atoms with Gasteiger partial charge in [0.05, 0.1) is 17.0 Å². The van der Waals surface area contributed by atoms with E-state index in [-0.39, 0.29) is 11.7 Å². The van der Waals surface area contributed by atoms with Crippen molar-refractivity contribution in [2.75, 3.05) is 23.1 Å². The van der Waals surface area contributed by atoms with Crippen molar-refractivity contribution in [3.05, 3.63) is 64.1 Å². The number of carbonyl (C=O) groups is 1. The lowest BCUT2D eigenvalue weighted by Gasteiger charge is -2.03. The Morgan fingerprint density at radius 3 is 2.70 bits per heavy atom. The van der Waals surface area contributed by atoms with Crippen molar-refractivity contribution < 1.29 is 4.79 Å². The number of imidazole rings is 1. The third-order valence-corrected chi connectivity index (χ3v) is 6.29. The van der Waals surface area contributed by atoms with Crippen LogP contribution in [0.3, 0.4) is 0 Å². The van der Waals surface area contributed by atoms with E-state index < -0.39 is 0 Å². The summed E-state index contributed by atoms with van der Waals surface area (Å²) in [6.45, 7) is 3.90. The molecule has 0 unspecified atom stereocenters. The number of anilines is 1. The molecule has 8 heteroatoms. The maximum Gasteiger partial charge on any atom is 0.235 e. The van der Waals surface area contributed by atoms with Gasteiger partial charge < -0.3 is 15.3 Å². The van der Waals surface area contributed by atoms with E-state index in [1.165, 1.54) is 17.3 Å². The summed E-state index contributed by atoms with van der Waals surface area (Å²) in [6.07, 6.45) is 3.63. The normalized spacial score (nSPS) is 10.7. The molecular formula is C22H25N5OS2. The second kappa shape index (κ2) is 10.4. The molecule has 0 saturated heterocycles. The minimum atomic E-state index is -0.173. The fourth-order valence-corrected chi connectivity index (χ4v) is 4.29. The minimum absolute atomic E-state index is 0.173. The van der Waals surface area contributed by atoms with Gasteiger partial charge in [0.25, 0.3) is 0 Å². The van der Waals surface area contributed by atoms with Crippen molar-refractivity contribution in [3.63, 3.8) is 0 Å². The summed E-state index contributed by atoms with van der Waals surface area (Å²) < 4.78 is 0. The van der Waals surface area contributed by atoms with E-state index in [9.17, 15) is 10.1 Å². The number of hydrogen-bond donors (Lipinski definition) is 3. The van der Waals surface area contributed by atoms with Gasteiger partial charge in [-0.1, -0.05) is 42.1 Å². The van der Waals surface area contributed by atoms with Gasteiger partial charge in [0, 0.05) is 17.8 Å². The molecule has 1 aromatic carbocycles. The van der Waals surface area contributed by atoms with Crippen LogP contribution in [0, 0.1) is 25.2 Å². The Kier molecular flexibility index (Phi) is 7.66. The van der Waals surface area contributed by atoms with Gasteiger partial charge in [0.1, 0.15) is 11.9 Å². The minimum Gasteiger partial charge on any atom is -0.344 e. The molecule has 3 N–H and O–H groups in total. The largest absolute Gasteiger partial charge is 0.344 e. The number of amides is 1. The van der Waals surface area contributed by atoms with Crippen LogP contribution in [0.25, 0.3) is 0 Å². The van der Waals surface area contributed by atoms with E-state index in [4.69, 9.17) is 0 Å². The zero-order valence-electron chi connectivity index (χ0n) is 17.3. The molecule has 3 aromatic rings. The first-order valence-corrected chi connectivity index (χ1v) is 12.0. The molecule has 2 heterocycles. The number of rotatable bonds is 9. The number of nitriles is 1. The summed E-state index contributed by atoms with van der Waals surface area (Å²) >= 11 is 3.10. The van der Waals surface area contributed by atoms with Crippen LogP contribution in [0.15, 0.2) is 35.5 Å².